The lowest BCUT2D eigenvalue weighted by molar-refractivity contribution is 0.151. The van der Waals surface area contributed by atoms with E-state index in [1.54, 1.807) is 12.4 Å². The maximum absolute atomic E-state index is 10.4. The third kappa shape index (κ3) is 2.71. The van der Waals surface area contributed by atoms with Gasteiger partial charge in [-0.25, -0.2) is 0 Å². The highest BCUT2D eigenvalue weighted by Crippen LogP contribution is 2.31. The number of aliphatic hydroxyl groups excluding tert-OH is 1. The molecule has 0 spiro atoms. The molecule has 0 radical (unpaired) electrons. The van der Waals surface area contributed by atoms with Crippen LogP contribution in [0, 0.1) is 6.92 Å². The molecule has 2 atom stereocenters. The number of benzene rings is 1. The maximum Gasteiger partial charge on any atom is 0.0856 e. The third-order valence-electron chi connectivity index (χ3n) is 3.24. The average molecular weight is 262 g/mol. The largest absolute Gasteiger partial charge is 0.388 e. The van der Waals surface area contributed by atoms with Crippen LogP contribution < -0.4 is 0 Å². The Morgan fingerprint density at radius 3 is 2.39 bits per heavy atom. The summed E-state index contributed by atoms with van der Waals surface area (Å²) in [4.78, 5) is 3.98. The molecule has 1 N–H and O–H groups in total. The summed E-state index contributed by atoms with van der Waals surface area (Å²) in [6, 6.07) is 9.52. The van der Waals surface area contributed by atoms with Crippen LogP contribution in [0.1, 0.15) is 35.6 Å². The Labute approximate surface area is 112 Å². The second-order valence-corrected chi connectivity index (χ2v) is 4.93. The Kier molecular flexibility index (Phi) is 4.00. The molecule has 2 rings (SSSR count). The minimum atomic E-state index is -0.564. The van der Waals surface area contributed by atoms with E-state index in [9.17, 15) is 5.11 Å². The van der Waals surface area contributed by atoms with E-state index in [4.69, 9.17) is 11.6 Å². The Bertz CT molecular complexity index is 527. The van der Waals surface area contributed by atoms with Crippen LogP contribution in [-0.2, 0) is 0 Å². The molecule has 0 bridgehead atoms. The van der Waals surface area contributed by atoms with Crippen molar-refractivity contribution in [2.75, 3.05) is 0 Å². The summed E-state index contributed by atoms with van der Waals surface area (Å²) >= 11 is 6.09. The van der Waals surface area contributed by atoms with Crippen molar-refractivity contribution in [2.45, 2.75) is 25.9 Å². The summed E-state index contributed by atoms with van der Waals surface area (Å²) in [5, 5.41) is 11.1. The number of rotatable bonds is 3. The zero-order chi connectivity index (χ0) is 13.1. The van der Waals surface area contributed by atoms with E-state index in [1.807, 2.05) is 44.2 Å². The lowest BCUT2D eigenvalue weighted by atomic mass is 9.91. The number of pyridine rings is 1. The Hall–Kier alpha value is -1.38. The van der Waals surface area contributed by atoms with Crippen molar-refractivity contribution in [1.29, 1.82) is 0 Å². The highest BCUT2D eigenvalue weighted by molar-refractivity contribution is 6.31. The molecule has 0 fully saturated rings. The van der Waals surface area contributed by atoms with Crippen LogP contribution in [0.2, 0.25) is 5.02 Å². The summed E-state index contributed by atoms with van der Waals surface area (Å²) in [6.45, 7) is 3.94. The van der Waals surface area contributed by atoms with Gasteiger partial charge in [0.25, 0.3) is 0 Å². The molecule has 1 heterocycles. The van der Waals surface area contributed by atoms with Crippen molar-refractivity contribution in [1.82, 2.24) is 4.98 Å². The summed E-state index contributed by atoms with van der Waals surface area (Å²) in [6.07, 6.45) is 2.91. The van der Waals surface area contributed by atoms with Crippen LogP contribution in [0.5, 0.6) is 0 Å². The van der Waals surface area contributed by atoms with Crippen molar-refractivity contribution < 1.29 is 5.11 Å². The average Bonchev–Trinajstić information content (AvgIpc) is 2.41. The molecule has 0 aliphatic rings. The van der Waals surface area contributed by atoms with Crippen molar-refractivity contribution >= 4 is 11.6 Å². The van der Waals surface area contributed by atoms with Gasteiger partial charge in [-0.2, -0.15) is 0 Å². The normalized spacial score (nSPS) is 14.2. The van der Waals surface area contributed by atoms with Gasteiger partial charge >= 0.3 is 0 Å². The molecule has 18 heavy (non-hydrogen) atoms. The van der Waals surface area contributed by atoms with Crippen LogP contribution in [0.4, 0.5) is 0 Å². The van der Waals surface area contributed by atoms with Gasteiger partial charge < -0.3 is 5.11 Å². The molecule has 2 unspecified atom stereocenters. The Balaban J connectivity index is 2.25. The van der Waals surface area contributed by atoms with E-state index in [-0.39, 0.29) is 5.92 Å². The van der Waals surface area contributed by atoms with Gasteiger partial charge in [0.05, 0.1) is 6.10 Å². The number of hydrogen-bond acceptors (Lipinski definition) is 2. The molecule has 0 amide bonds. The van der Waals surface area contributed by atoms with Gasteiger partial charge in [-0.05, 0) is 41.8 Å². The van der Waals surface area contributed by atoms with Crippen molar-refractivity contribution in [3.8, 4) is 0 Å². The molecule has 3 heteroatoms. The Morgan fingerprint density at radius 2 is 1.78 bits per heavy atom. The van der Waals surface area contributed by atoms with E-state index >= 15 is 0 Å². The smallest absolute Gasteiger partial charge is 0.0856 e. The topological polar surface area (TPSA) is 33.1 Å². The van der Waals surface area contributed by atoms with Crippen molar-refractivity contribution in [3.05, 3.63) is 64.4 Å². The first kappa shape index (κ1) is 13.1. The van der Waals surface area contributed by atoms with Crippen LogP contribution in [0.3, 0.4) is 0 Å². The molecule has 0 aliphatic heterocycles. The van der Waals surface area contributed by atoms with E-state index < -0.39 is 6.10 Å². The maximum atomic E-state index is 10.4. The summed E-state index contributed by atoms with van der Waals surface area (Å²) in [5.74, 6) is 0.00627. The van der Waals surface area contributed by atoms with Gasteiger partial charge in [-0.1, -0.05) is 30.7 Å². The summed E-state index contributed by atoms with van der Waals surface area (Å²) in [7, 11) is 0. The molecule has 94 valence electrons. The number of hydrogen-bond donors (Lipinski definition) is 1. The van der Waals surface area contributed by atoms with Crippen LogP contribution in [0.15, 0.2) is 42.7 Å². The predicted octanol–water partition coefficient (Wildman–Crippen LogP) is 3.88. The highest BCUT2D eigenvalue weighted by atomic mass is 35.5. The van der Waals surface area contributed by atoms with E-state index in [2.05, 4.69) is 4.98 Å². The minimum absolute atomic E-state index is 0.00627. The molecule has 0 aliphatic carbocycles. The van der Waals surface area contributed by atoms with Crippen LogP contribution in [-0.4, -0.2) is 10.1 Å². The first-order valence-electron chi connectivity index (χ1n) is 5.93. The van der Waals surface area contributed by atoms with E-state index in [0.29, 0.717) is 5.02 Å². The van der Waals surface area contributed by atoms with E-state index in [0.717, 1.165) is 16.7 Å². The van der Waals surface area contributed by atoms with E-state index in [1.165, 1.54) is 0 Å². The zero-order valence-electron chi connectivity index (χ0n) is 10.5. The second kappa shape index (κ2) is 5.51. The first-order valence-corrected chi connectivity index (χ1v) is 6.31. The van der Waals surface area contributed by atoms with Crippen molar-refractivity contribution in [2.24, 2.45) is 0 Å². The number of halogens is 1. The molecule has 2 aromatic rings. The summed E-state index contributed by atoms with van der Waals surface area (Å²) < 4.78 is 0. The molecular formula is C15H16ClNO. The SMILES string of the molecule is Cc1ccc(C(O)C(C)c2ccncc2)cc1Cl. The zero-order valence-corrected chi connectivity index (χ0v) is 11.2. The third-order valence-corrected chi connectivity index (χ3v) is 3.65. The van der Waals surface area contributed by atoms with Gasteiger partial charge in [0, 0.05) is 23.3 Å². The summed E-state index contributed by atoms with van der Waals surface area (Å²) in [5.41, 5.74) is 2.92. The predicted molar refractivity (Wildman–Crippen MR) is 73.8 cm³/mol. The number of nitrogens with zero attached hydrogens (tertiary/aromatic N) is 1. The number of aryl methyl sites for hydroxylation is 1. The minimum Gasteiger partial charge on any atom is -0.388 e. The molecule has 2 nitrogen and oxygen atoms in total. The highest BCUT2D eigenvalue weighted by Gasteiger charge is 2.18. The van der Waals surface area contributed by atoms with Gasteiger partial charge in [-0.15, -0.1) is 0 Å². The van der Waals surface area contributed by atoms with Crippen molar-refractivity contribution in [3.63, 3.8) is 0 Å². The van der Waals surface area contributed by atoms with Gasteiger partial charge in [0.2, 0.25) is 0 Å². The number of aromatic nitrogens is 1. The Morgan fingerprint density at radius 1 is 1.11 bits per heavy atom. The standard InChI is InChI=1S/C15H16ClNO/c1-10-3-4-13(9-14(10)16)15(18)11(2)12-5-7-17-8-6-12/h3-9,11,15,18H,1-2H3. The van der Waals surface area contributed by atoms with Gasteiger partial charge in [0.15, 0.2) is 0 Å². The molecule has 1 aromatic carbocycles. The quantitative estimate of drug-likeness (QED) is 0.910. The molecular weight excluding hydrogens is 246 g/mol. The molecule has 1 aromatic heterocycles. The second-order valence-electron chi connectivity index (χ2n) is 4.52. The lowest BCUT2D eigenvalue weighted by Gasteiger charge is -2.20. The fourth-order valence-corrected chi connectivity index (χ4v) is 2.12. The first-order chi connectivity index (χ1) is 8.59. The fraction of sp³-hybridized carbons (Fsp3) is 0.267. The van der Waals surface area contributed by atoms with Gasteiger partial charge in [0.1, 0.15) is 0 Å². The van der Waals surface area contributed by atoms with Gasteiger partial charge in [-0.3, -0.25) is 4.98 Å². The lowest BCUT2D eigenvalue weighted by Crippen LogP contribution is -2.07. The molecule has 0 saturated carbocycles. The van der Waals surface area contributed by atoms with Crippen LogP contribution >= 0.6 is 11.6 Å². The number of aliphatic hydroxyl groups is 1. The van der Waals surface area contributed by atoms with Crippen LogP contribution in [0.25, 0.3) is 0 Å². The monoisotopic (exact) mass is 261 g/mol. The molecule has 0 saturated heterocycles. The fourth-order valence-electron chi connectivity index (χ4n) is 1.93.